The van der Waals surface area contributed by atoms with E-state index in [2.05, 4.69) is 10.6 Å². The second-order valence-electron chi connectivity index (χ2n) is 4.72. The van der Waals surface area contributed by atoms with E-state index in [4.69, 9.17) is 17.0 Å². The number of para-hydroxylation sites is 2. The lowest BCUT2D eigenvalue weighted by Crippen LogP contribution is -2.19. The molecule has 0 aliphatic rings. The fourth-order valence-corrected chi connectivity index (χ4v) is 2.12. The average Bonchev–Trinajstić information content (AvgIpc) is 2.48. The van der Waals surface area contributed by atoms with Crippen LogP contribution in [0.2, 0.25) is 0 Å². The number of methoxy groups -OCH3 is 1. The molecule has 0 radical (unpaired) electrons. The molecule has 0 saturated heterocycles. The molecule has 0 aromatic heterocycles. The van der Waals surface area contributed by atoms with Gasteiger partial charge in [0.15, 0.2) is 5.11 Å². The van der Waals surface area contributed by atoms with Gasteiger partial charge in [-0.25, -0.2) is 0 Å². The van der Waals surface area contributed by atoms with Crippen LogP contribution in [0.4, 0.5) is 17.1 Å². The van der Waals surface area contributed by atoms with Crippen molar-refractivity contribution in [1.82, 2.24) is 0 Å². The summed E-state index contributed by atoms with van der Waals surface area (Å²) in [5.41, 5.74) is 2.88. The molecule has 110 valence electrons. The van der Waals surface area contributed by atoms with E-state index in [-0.39, 0.29) is 0 Å². The molecule has 0 amide bonds. The van der Waals surface area contributed by atoms with E-state index in [0.29, 0.717) is 5.11 Å². The van der Waals surface area contributed by atoms with Gasteiger partial charge in [0.25, 0.3) is 0 Å². The number of nitrogens with one attached hydrogen (secondary N) is 2. The molecule has 0 saturated carbocycles. The van der Waals surface area contributed by atoms with Crippen molar-refractivity contribution in [2.45, 2.75) is 0 Å². The summed E-state index contributed by atoms with van der Waals surface area (Å²) in [5.74, 6) is 0.753. The Morgan fingerprint density at radius 3 is 2.52 bits per heavy atom. The van der Waals surface area contributed by atoms with Gasteiger partial charge in [0.1, 0.15) is 5.75 Å². The van der Waals surface area contributed by atoms with Crippen molar-refractivity contribution in [2.75, 3.05) is 36.7 Å². The minimum absolute atomic E-state index is 0.524. The van der Waals surface area contributed by atoms with Crippen molar-refractivity contribution in [3.8, 4) is 5.75 Å². The monoisotopic (exact) mass is 301 g/mol. The highest BCUT2D eigenvalue weighted by Crippen LogP contribution is 2.23. The van der Waals surface area contributed by atoms with E-state index in [1.807, 2.05) is 67.5 Å². The van der Waals surface area contributed by atoms with Crippen LogP contribution in [0.5, 0.6) is 5.75 Å². The third-order valence-corrected chi connectivity index (χ3v) is 3.18. The predicted molar refractivity (Wildman–Crippen MR) is 93.6 cm³/mol. The Labute approximate surface area is 130 Å². The highest BCUT2D eigenvalue weighted by atomic mass is 32.1. The molecule has 0 aliphatic carbocycles. The summed E-state index contributed by atoms with van der Waals surface area (Å²) in [4.78, 5) is 2.04. The van der Waals surface area contributed by atoms with E-state index in [1.165, 1.54) is 0 Å². The first kappa shape index (κ1) is 15.1. The fourth-order valence-electron chi connectivity index (χ4n) is 1.89. The Bertz CT molecular complexity index is 628. The topological polar surface area (TPSA) is 36.5 Å². The number of thiocarbonyl (C=S) groups is 1. The predicted octanol–water partition coefficient (Wildman–Crippen LogP) is 3.57. The Morgan fingerprint density at radius 1 is 1.05 bits per heavy atom. The molecular formula is C16H19N3OS. The van der Waals surface area contributed by atoms with Gasteiger partial charge in [-0.3, -0.25) is 0 Å². The summed E-state index contributed by atoms with van der Waals surface area (Å²) in [6.07, 6.45) is 0. The molecule has 0 heterocycles. The van der Waals surface area contributed by atoms with Gasteiger partial charge < -0.3 is 20.3 Å². The van der Waals surface area contributed by atoms with Gasteiger partial charge in [-0.1, -0.05) is 18.2 Å². The van der Waals surface area contributed by atoms with Crippen molar-refractivity contribution in [2.24, 2.45) is 0 Å². The number of nitrogens with zero attached hydrogens (tertiary/aromatic N) is 1. The second kappa shape index (κ2) is 6.95. The minimum atomic E-state index is 0.524. The van der Waals surface area contributed by atoms with Crippen molar-refractivity contribution in [1.29, 1.82) is 0 Å². The molecule has 0 spiro atoms. The van der Waals surface area contributed by atoms with E-state index < -0.39 is 0 Å². The summed E-state index contributed by atoms with van der Waals surface area (Å²) in [7, 11) is 5.65. The van der Waals surface area contributed by atoms with Crippen LogP contribution in [0, 0.1) is 0 Å². The smallest absolute Gasteiger partial charge is 0.175 e. The number of hydrogen-bond acceptors (Lipinski definition) is 3. The molecule has 2 N–H and O–H groups in total. The maximum atomic E-state index is 5.34. The van der Waals surface area contributed by atoms with Crippen LogP contribution in [-0.2, 0) is 0 Å². The molecule has 0 aliphatic heterocycles. The van der Waals surface area contributed by atoms with Crippen LogP contribution < -0.4 is 20.3 Å². The standard InChI is InChI=1S/C16H19N3OS/c1-19(2)13-8-6-7-12(11-13)17-16(21)18-14-9-4-5-10-15(14)20-3/h4-11H,1-3H3,(H2,17,18,21). The van der Waals surface area contributed by atoms with Crippen LogP contribution >= 0.6 is 12.2 Å². The van der Waals surface area contributed by atoms with E-state index in [1.54, 1.807) is 7.11 Å². The SMILES string of the molecule is COc1ccccc1NC(=S)Nc1cccc(N(C)C)c1. The van der Waals surface area contributed by atoms with Crippen LogP contribution in [-0.4, -0.2) is 26.3 Å². The first-order chi connectivity index (χ1) is 10.1. The highest BCUT2D eigenvalue weighted by Gasteiger charge is 2.04. The number of benzene rings is 2. The zero-order valence-electron chi connectivity index (χ0n) is 12.4. The van der Waals surface area contributed by atoms with Crippen molar-refractivity contribution < 1.29 is 4.74 Å². The lowest BCUT2D eigenvalue weighted by atomic mass is 10.2. The largest absolute Gasteiger partial charge is 0.495 e. The zero-order chi connectivity index (χ0) is 15.2. The Balaban J connectivity index is 2.06. The molecule has 5 heteroatoms. The van der Waals surface area contributed by atoms with Gasteiger partial charge in [-0.05, 0) is 42.5 Å². The van der Waals surface area contributed by atoms with Crippen molar-refractivity contribution in [3.05, 3.63) is 48.5 Å². The van der Waals surface area contributed by atoms with Gasteiger partial charge >= 0.3 is 0 Å². The van der Waals surface area contributed by atoms with Crippen LogP contribution in [0.15, 0.2) is 48.5 Å². The number of hydrogen-bond donors (Lipinski definition) is 2. The summed E-state index contributed by atoms with van der Waals surface area (Å²) in [5, 5.41) is 6.84. The van der Waals surface area contributed by atoms with Gasteiger partial charge in [0, 0.05) is 25.5 Å². The summed E-state index contributed by atoms with van der Waals surface area (Å²) < 4.78 is 5.29. The lowest BCUT2D eigenvalue weighted by molar-refractivity contribution is 0.417. The van der Waals surface area contributed by atoms with Crippen LogP contribution in [0.3, 0.4) is 0 Å². The summed E-state index contributed by atoms with van der Waals surface area (Å²) in [6.45, 7) is 0. The molecule has 0 unspecified atom stereocenters. The molecular weight excluding hydrogens is 282 g/mol. The van der Waals surface area contributed by atoms with Crippen molar-refractivity contribution in [3.63, 3.8) is 0 Å². The molecule has 0 bridgehead atoms. The van der Waals surface area contributed by atoms with Gasteiger partial charge in [0.05, 0.1) is 12.8 Å². The number of rotatable bonds is 4. The van der Waals surface area contributed by atoms with Gasteiger partial charge in [-0.15, -0.1) is 0 Å². The first-order valence-electron chi connectivity index (χ1n) is 6.58. The Kier molecular flexibility index (Phi) is 5.00. The second-order valence-corrected chi connectivity index (χ2v) is 5.13. The number of anilines is 3. The summed E-state index contributed by atoms with van der Waals surface area (Å²) >= 11 is 5.34. The third-order valence-electron chi connectivity index (χ3n) is 2.98. The van der Waals surface area contributed by atoms with E-state index >= 15 is 0 Å². The zero-order valence-corrected chi connectivity index (χ0v) is 13.2. The average molecular weight is 301 g/mol. The Morgan fingerprint density at radius 2 is 1.81 bits per heavy atom. The first-order valence-corrected chi connectivity index (χ1v) is 6.99. The maximum Gasteiger partial charge on any atom is 0.175 e. The number of ether oxygens (including phenoxy) is 1. The normalized spacial score (nSPS) is 9.86. The molecule has 4 nitrogen and oxygen atoms in total. The van der Waals surface area contributed by atoms with Gasteiger partial charge in [-0.2, -0.15) is 0 Å². The quantitative estimate of drug-likeness (QED) is 0.844. The van der Waals surface area contributed by atoms with Gasteiger partial charge in [0.2, 0.25) is 0 Å². The molecule has 0 fully saturated rings. The van der Waals surface area contributed by atoms with E-state index in [0.717, 1.165) is 22.8 Å². The third kappa shape index (κ3) is 4.10. The highest BCUT2D eigenvalue weighted by molar-refractivity contribution is 7.80. The molecule has 2 aromatic carbocycles. The molecule has 21 heavy (non-hydrogen) atoms. The van der Waals surface area contributed by atoms with E-state index in [9.17, 15) is 0 Å². The molecule has 2 rings (SSSR count). The van der Waals surface area contributed by atoms with Crippen molar-refractivity contribution >= 4 is 34.4 Å². The van der Waals surface area contributed by atoms with Crippen LogP contribution in [0.1, 0.15) is 0 Å². The molecule has 2 aromatic rings. The lowest BCUT2D eigenvalue weighted by Gasteiger charge is -2.16. The molecule has 0 atom stereocenters. The maximum absolute atomic E-state index is 5.34. The van der Waals surface area contributed by atoms with Crippen LogP contribution in [0.25, 0.3) is 0 Å². The fraction of sp³-hybridized carbons (Fsp3) is 0.188. The Hall–Kier alpha value is -2.27. The minimum Gasteiger partial charge on any atom is -0.495 e. The summed E-state index contributed by atoms with van der Waals surface area (Å²) in [6, 6.07) is 15.7.